The summed E-state index contributed by atoms with van der Waals surface area (Å²) in [5, 5.41) is 12.3. The van der Waals surface area contributed by atoms with Crippen molar-refractivity contribution in [2.75, 3.05) is 11.9 Å². The van der Waals surface area contributed by atoms with E-state index in [1.54, 1.807) is 0 Å². The average Bonchev–Trinajstić information content (AvgIpc) is 2.46. The molecule has 0 unspecified atom stereocenters. The minimum absolute atomic E-state index is 0.303. The minimum atomic E-state index is -4.39. The maximum absolute atomic E-state index is 12.8. The second-order valence-corrected chi connectivity index (χ2v) is 4.51. The van der Waals surface area contributed by atoms with E-state index in [1.165, 1.54) is 36.4 Å². The van der Waals surface area contributed by atoms with Crippen molar-refractivity contribution in [1.29, 1.82) is 0 Å². The molecule has 2 N–H and O–H groups in total. The van der Waals surface area contributed by atoms with Crippen LogP contribution in [0, 0.1) is 5.82 Å². The van der Waals surface area contributed by atoms with Crippen molar-refractivity contribution in [2.24, 2.45) is 0 Å². The predicted molar refractivity (Wildman–Crippen MR) is 71.3 cm³/mol. The molecular weight excluding hydrogens is 286 g/mol. The van der Waals surface area contributed by atoms with Gasteiger partial charge in [0.15, 0.2) is 0 Å². The third-order valence-corrected chi connectivity index (χ3v) is 3.01. The number of aliphatic hydroxyl groups is 1. The summed E-state index contributed by atoms with van der Waals surface area (Å²) in [7, 11) is 0. The van der Waals surface area contributed by atoms with E-state index in [2.05, 4.69) is 5.32 Å². The topological polar surface area (TPSA) is 32.3 Å². The first-order valence-corrected chi connectivity index (χ1v) is 6.20. The van der Waals surface area contributed by atoms with Crippen LogP contribution in [0.2, 0.25) is 0 Å². The van der Waals surface area contributed by atoms with Gasteiger partial charge < -0.3 is 10.4 Å². The number of rotatable bonds is 4. The molecule has 6 heteroatoms. The number of alkyl halides is 3. The Morgan fingerprint density at radius 2 is 1.52 bits per heavy atom. The van der Waals surface area contributed by atoms with Gasteiger partial charge in [-0.2, -0.15) is 13.2 Å². The Labute approximate surface area is 119 Å². The smallest absolute Gasteiger partial charge is 0.394 e. The maximum atomic E-state index is 12.8. The van der Waals surface area contributed by atoms with E-state index in [9.17, 15) is 22.7 Å². The molecule has 0 bridgehead atoms. The molecule has 0 fully saturated rings. The molecule has 0 aliphatic carbocycles. The van der Waals surface area contributed by atoms with Crippen molar-refractivity contribution in [1.82, 2.24) is 0 Å². The Hall–Kier alpha value is -2.08. The normalized spacial score (nSPS) is 13.0. The number of nitrogens with one attached hydrogen (secondary N) is 1. The van der Waals surface area contributed by atoms with Gasteiger partial charge in [-0.25, -0.2) is 4.39 Å². The highest BCUT2D eigenvalue weighted by atomic mass is 19.4. The van der Waals surface area contributed by atoms with Gasteiger partial charge in [0.2, 0.25) is 0 Å². The molecule has 0 aromatic heterocycles. The zero-order valence-corrected chi connectivity index (χ0v) is 10.9. The van der Waals surface area contributed by atoms with Crippen LogP contribution in [0.15, 0.2) is 48.5 Å². The van der Waals surface area contributed by atoms with Gasteiger partial charge in [0.05, 0.1) is 18.2 Å². The fourth-order valence-corrected chi connectivity index (χ4v) is 1.89. The summed E-state index contributed by atoms with van der Waals surface area (Å²) < 4.78 is 50.3. The van der Waals surface area contributed by atoms with E-state index < -0.39 is 23.6 Å². The first-order valence-electron chi connectivity index (χ1n) is 6.20. The van der Waals surface area contributed by atoms with E-state index in [1.807, 2.05) is 0 Å². The first-order chi connectivity index (χ1) is 9.90. The Kier molecular flexibility index (Phi) is 4.47. The summed E-state index contributed by atoms with van der Waals surface area (Å²) in [6.07, 6.45) is -4.39. The van der Waals surface area contributed by atoms with Gasteiger partial charge in [-0.3, -0.25) is 0 Å². The second kappa shape index (κ2) is 6.13. The SMILES string of the molecule is OC[C@H](Nc1ccc(F)cc1)c1ccc(C(F)(F)F)cc1. The first kappa shape index (κ1) is 15.3. The maximum Gasteiger partial charge on any atom is 0.416 e. The molecule has 0 saturated heterocycles. The molecule has 2 nitrogen and oxygen atoms in total. The van der Waals surface area contributed by atoms with E-state index in [-0.39, 0.29) is 6.61 Å². The number of aliphatic hydroxyl groups excluding tert-OH is 1. The highest BCUT2D eigenvalue weighted by molar-refractivity contribution is 5.45. The molecule has 0 saturated carbocycles. The molecule has 0 amide bonds. The molecule has 0 aliphatic rings. The van der Waals surface area contributed by atoms with Gasteiger partial charge in [-0.05, 0) is 42.0 Å². The number of hydrogen-bond acceptors (Lipinski definition) is 2. The molecule has 2 aromatic rings. The zero-order chi connectivity index (χ0) is 15.5. The molecule has 2 aromatic carbocycles. The molecule has 0 heterocycles. The number of benzene rings is 2. The molecule has 0 aliphatic heterocycles. The molecule has 21 heavy (non-hydrogen) atoms. The van der Waals surface area contributed by atoms with Gasteiger partial charge >= 0.3 is 6.18 Å². The van der Waals surface area contributed by atoms with Crippen LogP contribution >= 0.6 is 0 Å². The molecular formula is C15H13F4NO. The Balaban J connectivity index is 2.15. The lowest BCUT2D eigenvalue weighted by atomic mass is 10.0. The standard InChI is InChI=1S/C15H13F4NO/c16-12-5-7-13(8-6-12)20-14(9-21)10-1-3-11(4-2-10)15(17,18)19/h1-8,14,20-21H,9H2/t14-/m0/s1. The third kappa shape index (κ3) is 3.95. The van der Waals surface area contributed by atoms with Crippen molar-refractivity contribution in [2.45, 2.75) is 12.2 Å². The summed E-state index contributed by atoms with van der Waals surface area (Å²) in [5.41, 5.74) is 0.329. The van der Waals surface area contributed by atoms with Gasteiger partial charge in [0, 0.05) is 5.69 Å². The van der Waals surface area contributed by atoms with Crippen molar-refractivity contribution in [3.05, 3.63) is 65.5 Å². The Bertz CT molecular complexity index is 578. The summed E-state index contributed by atoms with van der Waals surface area (Å²) in [5.74, 6) is -0.393. The second-order valence-electron chi connectivity index (χ2n) is 4.51. The highest BCUT2D eigenvalue weighted by Crippen LogP contribution is 2.30. The van der Waals surface area contributed by atoms with Crippen LogP contribution in [-0.2, 0) is 6.18 Å². The van der Waals surface area contributed by atoms with Gasteiger partial charge in [-0.1, -0.05) is 12.1 Å². The van der Waals surface area contributed by atoms with Crippen molar-refractivity contribution in [3.8, 4) is 0 Å². The molecule has 112 valence electrons. The van der Waals surface area contributed by atoms with Crippen LogP contribution in [0.1, 0.15) is 17.2 Å². The number of hydrogen-bond donors (Lipinski definition) is 2. The van der Waals surface area contributed by atoms with E-state index in [0.29, 0.717) is 11.3 Å². The predicted octanol–water partition coefficient (Wildman–Crippen LogP) is 3.99. The largest absolute Gasteiger partial charge is 0.416 e. The Morgan fingerprint density at radius 3 is 2.00 bits per heavy atom. The van der Waals surface area contributed by atoms with Gasteiger partial charge in [0.1, 0.15) is 5.82 Å². The van der Waals surface area contributed by atoms with E-state index >= 15 is 0 Å². The molecule has 0 spiro atoms. The van der Waals surface area contributed by atoms with Crippen molar-refractivity contribution >= 4 is 5.69 Å². The van der Waals surface area contributed by atoms with Crippen LogP contribution in [0.4, 0.5) is 23.2 Å². The highest BCUT2D eigenvalue weighted by Gasteiger charge is 2.30. The lowest BCUT2D eigenvalue weighted by Gasteiger charge is -2.18. The summed E-state index contributed by atoms with van der Waals surface area (Å²) >= 11 is 0. The minimum Gasteiger partial charge on any atom is -0.394 e. The van der Waals surface area contributed by atoms with Gasteiger partial charge in [-0.15, -0.1) is 0 Å². The number of anilines is 1. The van der Waals surface area contributed by atoms with Crippen LogP contribution in [0.3, 0.4) is 0 Å². The van der Waals surface area contributed by atoms with Crippen LogP contribution < -0.4 is 5.32 Å². The monoisotopic (exact) mass is 299 g/mol. The summed E-state index contributed by atoms with van der Waals surface area (Å²) in [6, 6.07) is 9.45. The lowest BCUT2D eigenvalue weighted by Crippen LogP contribution is -2.15. The van der Waals surface area contributed by atoms with E-state index in [4.69, 9.17) is 0 Å². The summed E-state index contributed by atoms with van der Waals surface area (Å²) in [6.45, 7) is -0.303. The lowest BCUT2D eigenvalue weighted by molar-refractivity contribution is -0.137. The van der Waals surface area contributed by atoms with E-state index in [0.717, 1.165) is 12.1 Å². The van der Waals surface area contributed by atoms with Crippen LogP contribution in [0.5, 0.6) is 0 Å². The van der Waals surface area contributed by atoms with Crippen molar-refractivity contribution < 1.29 is 22.7 Å². The Morgan fingerprint density at radius 1 is 0.952 bits per heavy atom. The molecule has 1 atom stereocenters. The third-order valence-electron chi connectivity index (χ3n) is 3.01. The average molecular weight is 299 g/mol. The van der Waals surface area contributed by atoms with Gasteiger partial charge in [0.25, 0.3) is 0 Å². The van der Waals surface area contributed by atoms with Crippen LogP contribution in [-0.4, -0.2) is 11.7 Å². The quantitative estimate of drug-likeness (QED) is 0.837. The molecule has 0 radical (unpaired) electrons. The summed E-state index contributed by atoms with van der Waals surface area (Å²) in [4.78, 5) is 0. The zero-order valence-electron chi connectivity index (χ0n) is 10.9. The number of halogens is 4. The van der Waals surface area contributed by atoms with Crippen LogP contribution in [0.25, 0.3) is 0 Å². The van der Waals surface area contributed by atoms with Crippen molar-refractivity contribution in [3.63, 3.8) is 0 Å². The fourth-order valence-electron chi connectivity index (χ4n) is 1.89. The fraction of sp³-hybridized carbons (Fsp3) is 0.200. The molecule has 2 rings (SSSR count).